The van der Waals surface area contributed by atoms with Crippen molar-refractivity contribution in [3.05, 3.63) is 41.6 Å². The zero-order valence-electron chi connectivity index (χ0n) is 9.40. The minimum Gasteiger partial charge on any atom is -0.298 e. The van der Waals surface area contributed by atoms with E-state index in [1.165, 1.54) is 0 Å². The van der Waals surface area contributed by atoms with Gasteiger partial charge in [0.05, 0.1) is 5.69 Å². The molecule has 0 saturated carbocycles. The number of benzene rings is 1. The van der Waals surface area contributed by atoms with Gasteiger partial charge in [-0.25, -0.2) is 0 Å². The summed E-state index contributed by atoms with van der Waals surface area (Å²) in [7, 11) is 0. The first-order valence-corrected chi connectivity index (χ1v) is 5.31. The van der Waals surface area contributed by atoms with Crippen LogP contribution in [0.5, 0.6) is 0 Å². The van der Waals surface area contributed by atoms with E-state index in [0.717, 1.165) is 23.2 Å². The molecule has 82 valence electrons. The molecule has 0 spiro atoms. The standard InChI is InChI=1S/C13H14N2O/c1-9(2)12-7-13(15-14-12)11-5-3-10(8-16)4-6-11/h3-9H,1-2H3,(H,14,15). The second-order valence-corrected chi connectivity index (χ2v) is 4.10. The van der Waals surface area contributed by atoms with Crippen LogP contribution in [0.3, 0.4) is 0 Å². The molecule has 0 atom stereocenters. The molecule has 0 unspecified atom stereocenters. The minimum absolute atomic E-state index is 0.440. The van der Waals surface area contributed by atoms with E-state index in [0.29, 0.717) is 11.5 Å². The van der Waals surface area contributed by atoms with Crippen LogP contribution in [0.25, 0.3) is 11.3 Å². The fourth-order valence-electron chi connectivity index (χ4n) is 1.51. The van der Waals surface area contributed by atoms with Crippen molar-refractivity contribution in [2.45, 2.75) is 19.8 Å². The predicted molar refractivity (Wildman–Crippen MR) is 63.5 cm³/mol. The highest BCUT2D eigenvalue weighted by molar-refractivity contribution is 5.76. The normalized spacial score (nSPS) is 10.7. The first-order chi connectivity index (χ1) is 7.70. The van der Waals surface area contributed by atoms with Crippen LogP contribution in [-0.4, -0.2) is 16.5 Å². The van der Waals surface area contributed by atoms with Crippen LogP contribution in [0.15, 0.2) is 30.3 Å². The number of rotatable bonds is 3. The molecular weight excluding hydrogens is 200 g/mol. The minimum atomic E-state index is 0.440. The summed E-state index contributed by atoms with van der Waals surface area (Å²) < 4.78 is 0. The van der Waals surface area contributed by atoms with Gasteiger partial charge < -0.3 is 0 Å². The third-order valence-corrected chi connectivity index (χ3v) is 2.56. The summed E-state index contributed by atoms with van der Waals surface area (Å²) in [6.07, 6.45) is 0.841. The summed E-state index contributed by atoms with van der Waals surface area (Å²) in [6, 6.07) is 9.45. The average Bonchev–Trinajstić information content (AvgIpc) is 2.78. The summed E-state index contributed by atoms with van der Waals surface area (Å²) in [5.74, 6) is 0.440. The molecule has 3 heteroatoms. The van der Waals surface area contributed by atoms with E-state index in [9.17, 15) is 4.79 Å². The van der Waals surface area contributed by atoms with Crippen molar-refractivity contribution in [2.24, 2.45) is 0 Å². The van der Waals surface area contributed by atoms with Crippen molar-refractivity contribution in [3.8, 4) is 11.3 Å². The lowest BCUT2D eigenvalue weighted by molar-refractivity contribution is 0.112. The molecule has 16 heavy (non-hydrogen) atoms. The highest BCUT2D eigenvalue weighted by Crippen LogP contribution is 2.21. The van der Waals surface area contributed by atoms with Crippen molar-refractivity contribution >= 4 is 6.29 Å². The molecule has 2 rings (SSSR count). The van der Waals surface area contributed by atoms with Gasteiger partial charge in [0.1, 0.15) is 6.29 Å². The summed E-state index contributed by atoms with van der Waals surface area (Å²) in [5, 5.41) is 7.26. The van der Waals surface area contributed by atoms with Crippen LogP contribution in [0.1, 0.15) is 35.8 Å². The van der Waals surface area contributed by atoms with E-state index in [1.54, 1.807) is 12.1 Å². The molecule has 0 saturated heterocycles. The van der Waals surface area contributed by atoms with E-state index >= 15 is 0 Å². The number of nitrogens with one attached hydrogen (secondary N) is 1. The lowest BCUT2D eigenvalue weighted by Gasteiger charge is -1.97. The quantitative estimate of drug-likeness (QED) is 0.798. The van der Waals surface area contributed by atoms with E-state index in [2.05, 4.69) is 24.0 Å². The Morgan fingerprint density at radius 2 is 1.94 bits per heavy atom. The Morgan fingerprint density at radius 1 is 1.25 bits per heavy atom. The van der Waals surface area contributed by atoms with E-state index < -0.39 is 0 Å². The Labute approximate surface area is 94.5 Å². The molecule has 1 N–H and O–H groups in total. The fraction of sp³-hybridized carbons (Fsp3) is 0.231. The first-order valence-electron chi connectivity index (χ1n) is 5.31. The van der Waals surface area contributed by atoms with Gasteiger partial charge in [-0.2, -0.15) is 5.10 Å². The molecule has 1 aromatic heterocycles. The van der Waals surface area contributed by atoms with Crippen LogP contribution in [0.2, 0.25) is 0 Å². The monoisotopic (exact) mass is 214 g/mol. The van der Waals surface area contributed by atoms with Gasteiger partial charge in [-0.1, -0.05) is 38.1 Å². The molecule has 0 amide bonds. The summed E-state index contributed by atoms with van der Waals surface area (Å²) in [5.41, 5.74) is 3.74. The SMILES string of the molecule is CC(C)c1cc(-c2ccc(C=O)cc2)n[nH]1. The maximum Gasteiger partial charge on any atom is 0.150 e. The van der Waals surface area contributed by atoms with Crippen LogP contribution in [0.4, 0.5) is 0 Å². The number of hydrogen-bond acceptors (Lipinski definition) is 2. The number of aldehydes is 1. The van der Waals surface area contributed by atoms with Gasteiger partial charge >= 0.3 is 0 Å². The molecule has 0 bridgehead atoms. The second-order valence-electron chi connectivity index (χ2n) is 4.10. The number of aromatic amines is 1. The number of carbonyl (C=O) groups is 1. The average molecular weight is 214 g/mol. The number of H-pyrrole nitrogens is 1. The van der Waals surface area contributed by atoms with Crippen LogP contribution < -0.4 is 0 Å². The molecule has 0 fully saturated rings. The summed E-state index contributed by atoms with van der Waals surface area (Å²) in [6.45, 7) is 4.24. The topological polar surface area (TPSA) is 45.8 Å². The predicted octanol–water partition coefficient (Wildman–Crippen LogP) is 3.01. The largest absolute Gasteiger partial charge is 0.298 e. The third kappa shape index (κ3) is 2.03. The Bertz CT molecular complexity index is 483. The van der Waals surface area contributed by atoms with Gasteiger partial charge in [0.2, 0.25) is 0 Å². The Morgan fingerprint density at radius 3 is 2.44 bits per heavy atom. The van der Waals surface area contributed by atoms with E-state index in [4.69, 9.17) is 0 Å². The number of nitrogens with zero attached hydrogens (tertiary/aromatic N) is 1. The van der Waals surface area contributed by atoms with Crippen molar-refractivity contribution in [3.63, 3.8) is 0 Å². The number of hydrogen-bond donors (Lipinski definition) is 1. The molecule has 1 heterocycles. The molecule has 3 nitrogen and oxygen atoms in total. The van der Waals surface area contributed by atoms with Crippen molar-refractivity contribution in [1.82, 2.24) is 10.2 Å². The Balaban J connectivity index is 2.31. The van der Waals surface area contributed by atoms with Crippen molar-refractivity contribution < 1.29 is 4.79 Å². The van der Waals surface area contributed by atoms with Gasteiger partial charge in [-0.3, -0.25) is 9.89 Å². The van der Waals surface area contributed by atoms with E-state index in [-0.39, 0.29) is 0 Å². The van der Waals surface area contributed by atoms with Crippen molar-refractivity contribution in [2.75, 3.05) is 0 Å². The highest BCUT2D eigenvalue weighted by atomic mass is 16.1. The maximum absolute atomic E-state index is 10.5. The number of aromatic nitrogens is 2. The molecular formula is C13H14N2O. The molecule has 0 aliphatic heterocycles. The molecule has 1 aromatic carbocycles. The van der Waals surface area contributed by atoms with Gasteiger partial charge in [0, 0.05) is 16.8 Å². The lowest BCUT2D eigenvalue weighted by Crippen LogP contribution is -1.85. The smallest absolute Gasteiger partial charge is 0.150 e. The maximum atomic E-state index is 10.5. The first kappa shape index (κ1) is 10.6. The zero-order valence-corrected chi connectivity index (χ0v) is 9.40. The van der Waals surface area contributed by atoms with Crippen LogP contribution >= 0.6 is 0 Å². The molecule has 0 radical (unpaired) electrons. The third-order valence-electron chi connectivity index (χ3n) is 2.56. The molecule has 0 aliphatic carbocycles. The molecule has 2 aromatic rings. The van der Waals surface area contributed by atoms with Gasteiger partial charge in [0.15, 0.2) is 0 Å². The fourth-order valence-corrected chi connectivity index (χ4v) is 1.51. The summed E-state index contributed by atoms with van der Waals surface area (Å²) in [4.78, 5) is 10.5. The van der Waals surface area contributed by atoms with Crippen molar-refractivity contribution in [1.29, 1.82) is 0 Å². The molecule has 0 aliphatic rings. The zero-order chi connectivity index (χ0) is 11.5. The highest BCUT2D eigenvalue weighted by Gasteiger charge is 2.06. The summed E-state index contributed by atoms with van der Waals surface area (Å²) >= 11 is 0. The van der Waals surface area contributed by atoms with Gasteiger partial charge in [-0.05, 0) is 12.0 Å². The Hall–Kier alpha value is -1.90. The van der Waals surface area contributed by atoms with Gasteiger partial charge in [0.25, 0.3) is 0 Å². The van der Waals surface area contributed by atoms with Gasteiger partial charge in [-0.15, -0.1) is 0 Å². The second kappa shape index (κ2) is 4.31. The van der Waals surface area contributed by atoms with Crippen LogP contribution in [-0.2, 0) is 0 Å². The van der Waals surface area contributed by atoms with E-state index in [1.807, 2.05) is 18.2 Å². The van der Waals surface area contributed by atoms with Crippen LogP contribution in [0, 0.1) is 0 Å². The lowest BCUT2D eigenvalue weighted by atomic mass is 10.1. The number of carbonyl (C=O) groups excluding carboxylic acids is 1. The Kier molecular flexibility index (Phi) is 2.86.